The van der Waals surface area contributed by atoms with Gasteiger partial charge in [0.05, 0.1) is 27.4 Å². The first kappa shape index (κ1) is 25.2. The van der Waals surface area contributed by atoms with Gasteiger partial charge in [0.1, 0.15) is 11.5 Å². The Morgan fingerprint density at radius 1 is 0.688 bits per heavy atom. The first-order valence-electron chi connectivity index (χ1n) is 11.2. The highest BCUT2D eigenvalue weighted by Crippen LogP contribution is 2.38. The molecular weight excluding hydrogens is 408 g/mol. The van der Waals surface area contributed by atoms with E-state index in [1.165, 1.54) is 14.2 Å². The van der Waals surface area contributed by atoms with Gasteiger partial charge in [-0.2, -0.15) is 0 Å². The van der Waals surface area contributed by atoms with E-state index in [1.54, 1.807) is 0 Å². The van der Waals surface area contributed by atoms with Crippen LogP contribution in [0, 0.1) is 0 Å². The molecule has 0 heterocycles. The fraction of sp³-hybridized carbons (Fsp3) is 0.462. The molecule has 0 bridgehead atoms. The van der Waals surface area contributed by atoms with Crippen molar-refractivity contribution in [1.82, 2.24) is 0 Å². The lowest BCUT2D eigenvalue weighted by Gasteiger charge is -2.17. The third-order valence-corrected chi connectivity index (χ3v) is 5.13. The molecule has 0 aromatic heterocycles. The molecule has 0 unspecified atom stereocenters. The Kier molecular flexibility index (Phi) is 10.6. The Hall–Kier alpha value is -3.02. The van der Waals surface area contributed by atoms with E-state index in [2.05, 4.69) is 12.1 Å². The lowest BCUT2D eigenvalue weighted by molar-refractivity contribution is -0.141. The van der Waals surface area contributed by atoms with Gasteiger partial charge in [0.15, 0.2) is 0 Å². The van der Waals surface area contributed by atoms with Crippen LogP contribution in [0.5, 0.6) is 11.5 Å². The number of hydrogen-bond acceptors (Lipinski definition) is 6. The summed E-state index contributed by atoms with van der Waals surface area (Å²) in [6, 6.07) is 12.2. The highest BCUT2D eigenvalue weighted by molar-refractivity contribution is 5.77. The van der Waals surface area contributed by atoms with Gasteiger partial charge in [-0.3, -0.25) is 9.59 Å². The predicted octanol–water partition coefficient (Wildman–Crippen LogP) is 5.14. The van der Waals surface area contributed by atoms with Gasteiger partial charge in [-0.05, 0) is 74.9 Å². The smallest absolute Gasteiger partial charge is 0.305 e. The summed E-state index contributed by atoms with van der Waals surface area (Å²) < 4.78 is 21.3. The van der Waals surface area contributed by atoms with Crippen LogP contribution in [-0.4, -0.2) is 39.4 Å². The third-order valence-electron chi connectivity index (χ3n) is 5.13. The molecule has 0 N–H and O–H groups in total. The summed E-state index contributed by atoms with van der Waals surface area (Å²) in [5.74, 6) is 1.18. The lowest BCUT2D eigenvalue weighted by atomic mass is 9.96. The van der Waals surface area contributed by atoms with Gasteiger partial charge in [0.25, 0.3) is 0 Å². The van der Waals surface area contributed by atoms with Crippen LogP contribution in [-0.2, 0) is 31.9 Å². The number of methoxy groups -OCH3 is 2. The number of carbonyl (C=O) groups excluding carboxylic acids is 2. The summed E-state index contributed by atoms with van der Waals surface area (Å²) in [6.07, 6.45) is 3.73. The Bertz CT molecular complexity index is 816. The molecule has 0 amide bonds. The Balaban J connectivity index is 2.35. The van der Waals surface area contributed by atoms with Crippen LogP contribution in [0.1, 0.15) is 50.7 Å². The van der Waals surface area contributed by atoms with Crippen molar-refractivity contribution in [3.63, 3.8) is 0 Å². The van der Waals surface area contributed by atoms with Crippen molar-refractivity contribution in [2.45, 2.75) is 52.4 Å². The quantitative estimate of drug-likeness (QED) is 0.400. The van der Waals surface area contributed by atoms with Gasteiger partial charge in [0.2, 0.25) is 0 Å². The SMILES string of the molecule is CCOc1ccc(CCCC(=O)OC)cc1-c1cc(CCCC(=O)OC)ccc1OCC. The number of ether oxygens (including phenoxy) is 4. The van der Waals surface area contributed by atoms with Crippen LogP contribution in [0.2, 0.25) is 0 Å². The number of benzene rings is 2. The van der Waals surface area contributed by atoms with E-state index in [1.807, 2.05) is 38.1 Å². The molecule has 174 valence electrons. The van der Waals surface area contributed by atoms with Crippen LogP contribution in [0.25, 0.3) is 11.1 Å². The van der Waals surface area contributed by atoms with Crippen LogP contribution in [0.15, 0.2) is 36.4 Å². The Morgan fingerprint density at radius 2 is 1.09 bits per heavy atom. The van der Waals surface area contributed by atoms with E-state index in [0.717, 1.165) is 46.6 Å². The van der Waals surface area contributed by atoms with Crippen molar-refractivity contribution >= 4 is 11.9 Å². The van der Waals surface area contributed by atoms with E-state index >= 15 is 0 Å². The van der Waals surface area contributed by atoms with Crippen LogP contribution in [0.4, 0.5) is 0 Å². The van der Waals surface area contributed by atoms with E-state index in [0.29, 0.717) is 38.9 Å². The first-order chi connectivity index (χ1) is 15.5. The zero-order valence-electron chi connectivity index (χ0n) is 19.6. The van der Waals surface area contributed by atoms with Crippen molar-refractivity contribution in [1.29, 1.82) is 0 Å². The minimum Gasteiger partial charge on any atom is -0.493 e. The maximum Gasteiger partial charge on any atom is 0.305 e. The highest BCUT2D eigenvalue weighted by Gasteiger charge is 2.15. The molecule has 0 atom stereocenters. The Labute approximate surface area is 190 Å². The van der Waals surface area contributed by atoms with Gasteiger partial charge >= 0.3 is 11.9 Å². The third kappa shape index (κ3) is 7.59. The number of carbonyl (C=O) groups is 2. The van der Waals surface area contributed by atoms with Gasteiger partial charge in [-0.25, -0.2) is 0 Å². The van der Waals surface area contributed by atoms with Gasteiger partial charge in [-0.15, -0.1) is 0 Å². The van der Waals surface area contributed by atoms with Crippen molar-refractivity contribution in [2.75, 3.05) is 27.4 Å². The zero-order chi connectivity index (χ0) is 23.3. The van der Waals surface area contributed by atoms with Crippen molar-refractivity contribution < 1.29 is 28.5 Å². The summed E-state index contributed by atoms with van der Waals surface area (Å²) in [4.78, 5) is 22.9. The van der Waals surface area contributed by atoms with Gasteiger partial charge in [-0.1, -0.05) is 12.1 Å². The second-order valence-corrected chi connectivity index (χ2v) is 7.39. The van der Waals surface area contributed by atoms with Gasteiger partial charge < -0.3 is 18.9 Å². The van der Waals surface area contributed by atoms with E-state index in [-0.39, 0.29) is 11.9 Å². The van der Waals surface area contributed by atoms with E-state index in [9.17, 15) is 9.59 Å². The standard InChI is InChI=1S/C26H34O6/c1-5-31-23-15-13-19(9-7-11-25(27)29-3)17-21(23)22-18-20(10-8-12-26(28)30-4)14-16-24(22)32-6-2/h13-18H,5-12H2,1-4H3. The number of aryl methyl sites for hydroxylation is 2. The molecule has 2 aromatic carbocycles. The molecule has 2 aromatic rings. The molecule has 0 saturated heterocycles. The molecule has 0 saturated carbocycles. The number of rotatable bonds is 13. The molecule has 0 radical (unpaired) electrons. The highest BCUT2D eigenvalue weighted by atomic mass is 16.5. The van der Waals surface area contributed by atoms with Crippen LogP contribution >= 0.6 is 0 Å². The second kappa shape index (κ2) is 13.4. The monoisotopic (exact) mass is 442 g/mol. The molecule has 0 spiro atoms. The molecule has 0 aliphatic heterocycles. The van der Waals surface area contributed by atoms with E-state index in [4.69, 9.17) is 18.9 Å². The van der Waals surface area contributed by atoms with Gasteiger partial charge in [0, 0.05) is 24.0 Å². The van der Waals surface area contributed by atoms with E-state index < -0.39 is 0 Å². The summed E-state index contributed by atoms with van der Waals surface area (Å²) in [5, 5.41) is 0. The van der Waals surface area contributed by atoms with Crippen molar-refractivity contribution in [3.8, 4) is 22.6 Å². The maximum absolute atomic E-state index is 11.4. The predicted molar refractivity (Wildman–Crippen MR) is 124 cm³/mol. The average molecular weight is 443 g/mol. The Morgan fingerprint density at radius 3 is 1.44 bits per heavy atom. The fourth-order valence-corrected chi connectivity index (χ4v) is 3.53. The summed E-state index contributed by atoms with van der Waals surface area (Å²) in [6.45, 7) is 5.02. The topological polar surface area (TPSA) is 71.1 Å². The first-order valence-corrected chi connectivity index (χ1v) is 11.2. The minimum atomic E-state index is -0.200. The summed E-state index contributed by atoms with van der Waals surface area (Å²) in [5.41, 5.74) is 4.15. The largest absolute Gasteiger partial charge is 0.493 e. The number of esters is 2. The zero-order valence-corrected chi connectivity index (χ0v) is 19.6. The molecule has 6 nitrogen and oxygen atoms in total. The fourth-order valence-electron chi connectivity index (χ4n) is 3.53. The molecule has 6 heteroatoms. The molecular formula is C26H34O6. The van der Waals surface area contributed by atoms with Crippen molar-refractivity contribution in [2.24, 2.45) is 0 Å². The lowest BCUT2D eigenvalue weighted by Crippen LogP contribution is -2.02. The average Bonchev–Trinajstić information content (AvgIpc) is 2.80. The number of hydrogen-bond donors (Lipinski definition) is 0. The minimum absolute atomic E-state index is 0.200. The van der Waals surface area contributed by atoms with Crippen LogP contribution < -0.4 is 9.47 Å². The van der Waals surface area contributed by atoms with Crippen molar-refractivity contribution in [3.05, 3.63) is 47.5 Å². The molecule has 32 heavy (non-hydrogen) atoms. The second-order valence-electron chi connectivity index (χ2n) is 7.39. The molecule has 2 rings (SSSR count). The summed E-state index contributed by atoms with van der Waals surface area (Å²) in [7, 11) is 2.81. The normalized spacial score (nSPS) is 10.5. The molecule has 0 aliphatic rings. The van der Waals surface area contributed by atoms with Crippen LogP contribution in [0.3, 0.4) is 0 Å². The molecule has 0 fully saturated rings. The summed E-state index contributed by atoms with van der Waals surface area (Å²) >= 11 is 0. The maximum atomic E-state index is 11.4. The molecule has 0 aliphatic carbocycles.